The van der Waals surface area contributed by atoms with Crippen LogP contribution in [0, 0.1) is 0 Å². The lowest BCUT2D eigenvalue weighted by Gasteiger charge is -2.09. The molecule has 2 atom stereocenters. The minimum absolute atomic E-state index is 0.453. The van der Waals surface area contributed by atoms with Crippen molar-refractivity contribution in [2.75, 3.05) is 6.26 Å². The lowest BCUT2D eigenvalue weighted by Crippen LogP contribution is -2.08. The Morgan fingerprint density at radius 3 is 1.67 bits per heavy atom. The number of aliphatic hydroxyl groups excluding tert-OH is 1. The van der Waals surface area contributed by atoms with Crippen molar-refractivity contribution in [3.63, 3.8) is 0 Å². The molecule has 0 spiro atoms. The molecular formula is C21H25N3O5S. The van der Waals surface area contributed by atoms with Crippen LogP contribution < -0.4 is 0 Å². The van der Waals surface area contributed by atoms with E-state index in [4.69, 9.17) is 9.29 Å². The van der Waals surface area contributed by atoms with Crippen LogP contribution in [-0.4, -0.2) is 41.0 Å². The van der Waals surface area contributed by atoms with E-state index >= 15 is 0 Å². The standard InChI is InChI=1S/C8H11NO3S.C7H9NO.C6H5NO/c1-7(12-13(2,10)11)8-5-3-4-6-9-8;1-6(9)7-4-2-3-5-8-7;8-5-6-3-1-2-4-7-6/h3-7H,1-2H3;2-6,9H,1H3;1-5H. The van der Waals surface area contributed by atoms with Crippen molar-refractivity contribution in [1.82, 2.24) is 15.0 Å². The molecule has 0 aliphatic rings. The third-order valence-corrected chi connectivity index (χ3v) is 3.99. The molecule has 1 N–H and O–H groups in total. The molecule has 3 aromatic heterocycles. The molecule has 2 unspecified atom stereocenters. The van der Waals surface area contributed by atoms with Crippen LogP contribution in [0.4, 0.5) is 0 Å². The molecule has 0 aliphatic heterocycles. The van der Waals surface area contributed by atoms with Crippen molar-refractivity contribution in [2.45, 2.75) is 26.1 Å². The second kappa shape index (κ2) is 13.3. The van der Waals surface area contributed by atoms with Crippen LogP contribution in [0.5, 0.6) is 0 Å². The molecule has 9 heteroatoms. The summed E-state index contributed by atoms with van der Waals surface area (Å²) in [5, 5.41) is 8.96. The van der Waals surface area contributed by atoms with Gasteiger partial charge in [0, 0.05) is 18.6 Å². The molecule has 3 aromatic rings. The highest BCUT2D eigenvalue weighted by Crippen LogP contribution is 2.15. The number of aromatic nitrogens is 3. The second-order valence-corrected chi connectivity index (χ2v) is 7.60. The van der Waals surface area contributed by atoms with Crippen LogP contribution in [0.15, 0.2) is 73.2 Å². The summed E-state index contributed by atoms with van der Waals surface area (Å²) in [6.45, 7) is 3.34. The molecule has 0 bridgehead atoms. The minimum Gasteiger partial charge on any atom is -0.387 e. The molecule has 160 valence electrons. The van der Waals surface area contributed by atoms with Gasteiger partial charge in [-0.2, -0.15) is 8.42 Å². The molecule has 0 saturated carbocycles. The number of carbonyl (C=O) groups is 1. The average molecular weight is 432 g/mol. The maximum Gasteiger partial charge on any atom is 0.265 e. The van der Waals surface area contributed by atoms with E-state index in [0.717, 1.165) is 18.2 Å². The molecular weight excluding hydrogens is 406 g/mol. The Bertz CT molecular complexity index is 954. The van der Waals surface area contributed by atoms with Gasteiger partial charge in [0.15, 0.2) is 6.29 Å². The third-order valence-electron chi connectivity index (χ3n) is 3.35. The van der Waals surface area contributed by atoms with Crippen LogP contribution in [0.2, 0.25) is 0 Å². The Morgan fingerprint density at radius 2 is 1.37 bits per heavy atom. The highest BCUT2D eigenvalue weighted by molar-refractivity contribution is 7.86. The van der Waals surface area contributed by atoms with Crippen LogP contribution in [-0.2, 0) is 14.3 Å². The van der Waals surface area contributed by atoms with Gasteiger partial charge in [0.25, 0.3) is 10.1 Å². The molecule has 0 saturated heterocycles. The summed E-state index contributed by atoms with van der Waals surface area (Å²) in [4.78, 5) is 21.6. The second-order valence-electron chi connectivity index (χ2n) is 6.00. The smallest absolute Gasteiger partial charge is 0.265 e. The number of nitrogens with zero attached hydrogens (tertiary/aromatic N) is 3. The zero-order valence-electron chi connectivity index (χ0n) is 17.0. The summed E-state index contributed by atoms with van der Waals surface area (Å²) in [7, 11) is -3.41. The van der Waals surface area contributed by atoms with E-state index in [1.54, 1.807) is 74.9 Å². The van der Waals surface area contributed by atoms with Crippen molar-refractivity contribution in [1.29, 1.82) is 0 Å². The predicted molar refractivity (Wildman–Crippen MR) is 113 cm³/mol. The first kappa shape index (κ1) is 25.0. The highest BCUT2D eigenvalue weighted by Gasteiger charge is 2.12. The van der Waals surface area contributed by atoms with Gasteiger partial charge < -0.3 is 5.11 Å². The van der Waals surface area contributed by atoms with Gasteiger partial charge in [0.05, 0.1) is 23.7 Å². The quantitative estimate of drug-likeness (QED) is 0.483. The lowest BCUT2D eigenvalue weighted by atomic mass is 10.2. The number of aliphatic hydroxyl groups is 1. The first-order chi connectivity index (χ1) is 14.2. The van der Waals surface area contributed by atoms with Gasteiger partial charge in [0.2, 0.25) is 0 Å². The maximum absolute atomic E-state index is 10.8. The Kier molecular flexibility index (Phi) is 11.1. The van der Waals surface area contributed by atoms with Crippen molar-refractivity contribution < 1.29 is 22.5 Å². The van der Waals surface area contributed by atoms with Crippen molar-refractivity contribution in [3.05, 3.63) is 90.3 Å². The monoisotopic (exact) mass is 431 g/mol. The van der Waals surface area contributed by atoms with Crippen molar-refractivity contribution in [2.24, 2.45) is 0 Å². The molecule has 0 fully saturated rings. The number of hydrogen-bond acceptors (Lipinski definition) is 8. The van der Waals surface area contributed by atoms with Crippen LogP contribution >= 0.6 is 0 Å². The number of aldehydes is 1. The zero-order chi connectivity index (χ0) is 22.4. The van der Waals surface area contributed by atoms with Gasteiger partial charge in [-0.1, -0.05) is 18.2 Å². The van der Waals surface area contributed by atoms with E-state index in [9.17, 15) is 13.2 Å². The molecule has 0 aromatic carbocycles. The van der Waals surface area contributed by atoms with Gasteiger partial charge >= 0.3 is 0 Å². The first-order valence-corrected chi connectivity index (χ1v) is 10.8. The SMILES string of the molecule is CC(O)c1ccccn1.CC(OS(C)(=O)=O)c1ccccn1.O=Cc1ccccn1. The summed E-state index contributed by atoms with van der Waals surface area (Å²) in [6, 6.07) is 15.9. The van der Waals surface area contributed by atoms with E-state index in [2.05, 4.69) is 15.0 Å². The van der Waals surface area contributed by atoms with E-state index in [-0.39, 0.29) is 0 Å². The van der Waals surface area contributed by atoms with Gasteiger partial charge in [-0.15, -0.1) is 0 Å². The van der Waals surface area contributed by atoms with E-state index < -0.39 is 22.3 Å². The van der Waals surface area contributed by atoms with Crippen LogP contribution in [0.25, 0.3) is 0 Å². The molecule has 3 heterocycles. The summed E-state index contributed by atoms with van der Waals surface area (Å²) in [5.41, 5.74) is 1.80. The zero-order valence-corrected chi connectivity index (χ0v) is 17.8. The molecule has 3 rings (SSSR count). The molecule has 30 heavy (non-hydrogen) atoms. The molecule has 0 radical (unpaired) electrons. The van der Waals surface area contributed by atoms with Crippen molar-refractivity contribution >= 4 is 16.4 Å². The Hall–Kier alpha value is -3.01. The fraction of sp³-hybridized carbons (Fsp3) is 0.238. The normalized spacial score (nSPS) is 12.3. The van der Waals surface area contributed by atoms with Crippen molar-refractivity contribution in [3.8, 4) is 0 Å². The summed E-state index contributed by atoms with van der Waals surface area (Å²) in [5.74, 6) is 0. The first-order valence-electron chi connectivity index (χ1n) is 8.97. The van der Waals surface area contributed by atoms with E-state index in [1.165, 1.54) is 0 Å². The van der Waals surface area contributed by atoms with Crippen LogP contribution in [0.1, 0.15) is 47.9 Å². The summed E-state index contributed by atoms with van der Waals surface area (Å²) < 4.78 is 26.3. The maximum atomic E-state index is 10.8. The topological polar surface area (TPSA) is 119 Å². The Morgan fingerprint density at radius 1 is 0.867 bits per heavy atom. The summed E-state index contributed by atoms with van der Waals surface area (Å²) >= 11 is 0. The largest absolute Gasteiger partial charge is 0.387 e. The highest BCUT2D eigenvalue weighted by atomic mass is 32.2. The Labute approximate surface area is 176 Å². The number of rotatable bonds is 5. The number of pyridine rings is 3. The Balaban J connectivity index is 0.000000234. The third kappa shape index (κ3) is 11.1. The number of carbonyl (C=O) groups excluding carboxylic acids is 1. The van der Waals surface area contributed by atoms with Gasteiger partial charge in [-0.3, -0.25) is 23.9 Å². The lowest BCUT2D eigenvalue weighted by molar-refractivity contribution is 0.111. The fourth-order valence-electron chi connectivity index (χ4n) is 2.00. The molecule has 0 amide bonds. The minimum atomic E-state index is -3.41. The number of hydrogen-bond donors (Lipinski definition) is 1. The summed E-state index contributed by atoms with van der Waals surface area (Å²) in [6.07, 6.45) is 5.61. The van der Waals surface area contributed by atoms with Gasteiger partial charge in [-0.05, 0) is 50.2 Å². The van der Waals surface area contributed by atoms with Gasteiger partial charge in [-0.25, -0.2) is 0 Å². The fourth-order valence-corrected chi connectivity index (χ4v) is 2.62. The van der Waals surface area contributed by atoms with E-state index in [0.29, 0.717) is 11.4 Å². The molecule has 8 nitrogen and oxygen atoms in total. The average Bonchev–Trinajstić information content (AvgIpc) is 2.75. The van der Waals surface area contributed by atoms with Crippen LogP contribution in [0.3, 0.4) is 0 Å². The van der Waals surface area contributed by atoms with E-state index in [1.807, 2.05) is 12.1 Å². The molecule has 0 aliphatic carbocycles. The predicted octanol–water partition coefficient (Wildman–Crippen LogP) is 3.15. The van der Waals surface area contributed by atoms with Gasteiger partial charge in [0.1, 0.15) is 11.8 Å².